The molecule has 0 aromatic heterocycles. The van der Waals surface area contributed by atoms with Crippen molar-refractivity contribution in [3.63, 3.8) is 0 Å². The first-order valence-corrected chi connectivity index (χ1v) is 11.1. The van der Waals surface area contributed by atoms with Crippen LogP contribution in [0.4, 0.5) is 0 Å². The third kappa shape index (κ3) is 4.00. The molecular formula is C26H32N2O3. The molecule has 1 heterocycles. The fourth-order valence-corrected chi connectivity index (χ4v) is 5.72. The summed E-state index contributed by atoms with van der Waals surface area (Å²) in [7, 11) is 1.80. The van der Waals surface area contributed by atoms with Crippen LogP contribution < -0.4 is 5.32 Å². The summed E-state index contributed by atoms with van der Waals surface area (Å²) in [6.45, 7) is 6.47. The number of rotatable bonds is 6. The Bertz CT molecular complexity index is 931. The zero-order valence-electron chi connectivity index (χ0n) is 18.2. The Morgan fingerprint density at radius 1 is 1.26 bits per heavy atom. The van der Waals surface area contributed by atoms with E-state index in [0.717, 1.165) is 50.9 Å². The number of likely N-dealkylation sites (tertiary alicyclic amines) is 1. The summed E-state index contributed by atoms with van der Waals surface area (Å²) in [6.07, 6.45) is 5.32. The third-order valence-electron chi connectivity index (χ3n) is 7.25. The summed E-state index contributed by atoms with van der Waals surface area (Å²) in [5, 5.41) is 13.5. The van der Waals surface area contributed by atoms with Gasteiger partial charge >= 0.3 is 0 Å². The zero-order valence-corrected chi connectivity index (χ0v) is 18.2. The Morgan fingerprint density at radius 3 is 2.77 bits per heavy atom. The number of aromatic hydroxyl groups is 1. The molecule has 4 rings (SSSR count). The van der Waals surface area contributed by atoms with Crippen LogP contribution in [0.15, 0.2) is 67.3 Å². The van der Waals surface area contributed by atoms with Crippen molar-refractivity contribution in [2.75, 3.05) is 26.7 Å². The van der Waals surface area contributed by atoms with Crippen molar-refractivity contribution in [3.8, 4) is 5.75 Å². The van der Waals surface area contributed by atoms with Gasteiger partial charge in [-0.2, -0.15) is 0 Å². The summed E-state index contributed by atoms with van der Waals surface area (Å²) < 4.78 is 6.32. The van der Waals surface area contributed by atoms with E-state index in [2.05, 4.69) is 22.9 Å². The van der Waals surface area contributed by atoms with Crippen LogP contribution in [0, 0.1) is 0 Å². The van der Waals surface area contributed by atoms with Crippen molar-refractivity contribution in [3.05, 3.63) is 78.4 Å². The largest absolute Gasteiger partial charge is 0.508 e. The Hall–Kier alpha value is -2.63. The highest BCUT2D eigenvalue weighted by atomic mass is 16.5. The van der Waals surface area contributed by atoms with Crippen LogP contribution in [-0.2, 0) is 10.2 Å². The van der Waals surface area contributed by atoms with E-state index in [1.807, 2.05) is 48.5 Å². The molecule has 2 aliphatic rings. The molecule has 2 aromatic rings. The molecule has 3 atom stereocenters. The fraction of sp³-hybridized carbons (Fsp3) is 0.423. The Labute approximate surface area is 184 Å². The predicted octanol–water partition coefficient (Wildman–Crippen LogP) is 3.89. The summed E-state index contributed by atoms with van der Waals surface area (Å²) in [5.74, 6) is 0.228. The summed E-state index contributed by atoms with van der Waals surface area (Å²) in [4.78, 5) is 15.2. The van der Waals surface area contributed by atoms with Gasteiger partial charge in [0.25, 0.3) is 5.91 Å². The highest BCUT2D eigenvalue weighted by Gasteiger charge is 2.58. The van der Waals surface area contributed by atoms with E-state index in [0.29, 0.717) is 5.56 Å². The van der Waals surface area contributed by atoms with Gasteiger partial charge in [0.05, 0.1) is 5.60 Å². The lowest BCUT2D eigenvalue weighted by Gasteiger charge is -2.59. The van der Waals surface area contributed by atoms with E-state index in [1.165, 1.54) is 0 Å². The Kier molecular flexibility index (Phi) is 6.17. The summed E-state index contributed by atoms with van der Waals surface area (Å²) in [6, 6.07) is 17.0. The van der Waals surface area contributed by atoms with E-state index in [-0.39, 0.29) is 28.7 Å². The number of piperidine rings is 1. The molecule has 2 aromatic carbocycles. The Morgan fingerprint density at radius 2 is 2.06 bits per heavy atom. The van der Waals surface area contributed by atoms with Gasteiger partial charge in [-0.3, -0.25) is 9.69 Å². The maximum absolute atomic E-state index is 12.9. The average Bonchev–Trinajstić information content (AvgIpc) is 2.80. The summed E-state index contributed by atoms with van der Waals surface area (Å²) in [5.41, 5.74) is 1.10. The van der Waals surface area contributed by atoms with E-state index in [4.69, 9.17) is 4.74 Å². The van der Waals surface area contributed by atoms with E-state index in [9.17, 15) is 9.90 Å². The van der Waals surface area contributed by atoms with Crippen molar-refractivity contribution in [1.82, 2.24) is 10.2 Å². The molecule has 1 aliphatic heterocycles. The van der Waals surface area contributed by atoms with Crippen molar-refractivity contribution in [1.29, 1.82) is 0 Å². The molecule has 2 fully saturated rings. The molecule has 0 radical (unpaired) electrons. The summed E-state index contributed by atoms with van der Waals surface area (Å²) >= 11 is 0. The standard InChI is InChI=1S/C26H32N2O3/c1-3-15-28-16-14-25(21-10-7-11-23(29)17-21)18-22(12-13-26(25,19-28)31-2)27-24(30)20-8-5-4-6-9-20/h3-11,17,22,29H,1,12-16,18-19H2,2H3,(H,27,30)/t22-,25-,26-/m0/s1. The van der Waals surface area contributed by atoms with Crippen LogP contribution >= 0.6 is 0 Å². The first kappa shape index (κ1) is 21.6. The van der Waals surface area contributed by atoms with Crippen LogP contribution in [-0.4, -0.2) is 54.3 Å². The number of hydrogen-bond donors (Lipinski definition) is 2. The normalized spacial score (nSPS) is 28.5. The molecular weight excluding hydrogens is 388 g/mol. The molecule has 31 heavy (non-hydrogen) atoms. The molecule has 164 valence electrons. The van der Waals surface area contributed by atoms with Crippen molar-refractivity contribution in [2.24, 2.45) is 0 Å². The molecule has 5 heteroatoms. The average molecular weight is 421 g/mol. The highest BCUT2D eigenvalue weighted by molar-refractivity contribution is 5.94. The number of fused-ring (bicyclic) bond motifs is 1. The number of phenolic OH excluding ortho intramolecular Hbond substituents is 1. The molecule has 1 aliphatic carbocycles. The number of ether oxygens (including phenoxy) is 1. The zero-order chi connectivity index (χ0) is 21.9. The minimum atomic E-state index is -0.379. The maximum atomic E-state index is 12.9. The third-order valence-corrected chi connectivity index (χ3v) is 7.25. The lowest BCUT2D eigenvalue weighted by molar-refractivity contribution is -0.146. The number of nitrogens with zero attached hydrogens (tertiary/aromatic N) is 1. The maximum Gasteiger partial charge on any atom is 0.251 e. The predicted molar refractivity (Wildman–Crippen MR) is 122 cm³/mol. The van der Waals surface area contributed by atoms with Crippen molar-refractivity contribution < 1.29 is 14.6 Å². The molecule has 2 N–H and O–H groups in total. The van der Waals surface area contributed by atoms with E-state index < -0.39 is 0 Å². The number of phenols is 1. The van der Waals surface area contributed by atoms with Crippen LogP contribution in [0.3, 0.4) is 0 Å². The topological polar surface area (TPSA) is 61.8 Å². The minimum Gasteiger partial charge on any atom is -0.508 e. The number of benzene rings is 2. The first-order valence-electron chi connectivity index (χ1n) is 11.1. The van der Waals surface area contributed by atoms with Crippen molar-refractivity contribution in [2.45, 2.75) is 42.7 Å². The van der Waals surface area contributed by atoms with Gasteiger partial charge in [0, 0.05) is 37.2 Å². The van der Waals surface area contributed by atoms with E-state index >= 15 is 0 Å². The Balaban J connectivity index is 1.67. The lowest BCUT2D eigenvalue weighted by atomic mass is 9.55. The highest BCUT2D eigenvalue weighted by Crippen LogP contribution is 2.53. The number of amides is 1. The second-order valence-electron chi connectivity index (χ2n) is 8.88. The number of carbonyl (C=O) groups excluding carboxylic acids is 1. The second kappa shape index (κ2) is 8.85. The van der Waals surface area contributed by atoms with Gasteiger partial charge in [-0.05, 0) is 62.1 Å². The van der Waals surface area contributed by atoms with Crippen molar-refractivity contribution >= 4 is 5.91 Å². The van der Waals surface area contributed by atoms with Crippen LogP contribution in [0.1, 0.15) is 41.6 Å². The fourth-order valence-electron chi connectivity index (χ4n) is 5.72. The molecule has 1 saturated heterocycles. The second-order valence-corrected chi connectivity index (χ2v) is 8.88. The molecule has 0 spiro atoms. The molecule has 0 unspecified atom stereocenters. The minimum absolute atomic E-state index is 0.0364. The van der Waals surface area contributed by atoms with Gasteiger partial charge in [-0.15, -0.1) is 6.58 Å². The van der Waals surface area contributed by atoms with Gasteiger partial charge in [0.1, 0.15) is 5.75 Å². The quantitative estimate of drug-likeness (QED) is 0.696. The van der Waals surface area contributed by atoms with E-state index in [1.54, 1.807) is 13.2 Å². The number of nitrogens with one attached hydrogen (secondary N) is 1. The van der Waals surface area contributed by atoms with Crippen LogP contribution in [0.5, 0.6) is 5.75 Å². The number of hydrogen-bond acceptors (Lipinski definition) is 4. The number of carbonyl (C=O) groups is 1. The molecule has 5 nitrogen and oxygen atoms in total. The molecule has 1 amide bonds. The van der Waals surface area contributed by atoms with Gasteiger partial charge in [0.15, 0.2) is 0 Å². The molecule has 0 bridgehead atoms. The van der Waals surface area contributed by atoms with Crippen LogP contribution in [0.2, 0.25) is 0 Å². The SMILES string of the molecule is C=CCN1CC[C@@]2(c3cccc(O)c3)C[C@@H](NC(=O)c3ccccc3)CC[C@]2(OC)C1. The smallest absolute Gasteiger partial charge is 0.251 e. The van der Waals surface area contributed by atoms with Gasteiger partial charge < -0.3 is 15.2 Å². The van der Waals surface area contributed by atoms with Gasteiger partial charge in [-0.25, -0.2) is 0 Å². The van der Waals surface area contributed by atoms with Gasteiger partial charge in [-0.1, -0.05) is 36.4 Å². The van der Waals surface area contributed by atoms with Crippen LogP contribution in [0.25, 0.3) is 0 Å². The molecule has 1 saturated carbocycles. The van der Waals surface area contributed by atoms with Gasteiger partial charge in [0.2, 0.25) is 0 Å². The lowest BCUT2D eigenvalue weighted by Crippen LogP contribution is -2.67. The number of methoxy groups -OCH3 is 1. The monoisotopic (exact) mass is 420 g/mol. The first-order chi connectivity index (χ1) is 15.0.